The normalized spacial score (nSPS) is 14.3. The van der Waals surface area contributed by atoms with E-state index >= 15 is 0 Å². The van der Waals surface area contributed by atoms with Crippen LogP contribution in [0.3, 0.4) is 0 Å². The molecule has 0 bridgehead atoms. The van der Waals surface area contributed by atoms with Gasteiger partial charge in [0.05, 0.1) is 24.1 Å². The molecule has 0 spiro atoms. The Morgan fingerprint density at radius 2 is 2.04 bits per heavy atom. The van der Waals surface area contributed by atoms with E-state index in [4.69, 9.17) is 14.3 Å². The number of aliphatic carboxylic acids is 1. The molecule has 1 amide bonds. The van der Waals surface area contributed by atoms with Crippen LogP contribution in [-0.2, 0) is 19.6 Å². The smallest absolute Gasteiger partial charge is 0.305 e. The largest absolute Gasteiger partial charge is 0.481 e. The van der Waals surface area contributed by atoms with Crippen LogP contribution in [0.4, 0.5) is 0 Å². The van der Waals surface area contributed by atoms with Gasteiger partial charge in [0, 0.05) is 13.2 Å². The summed E-state index contributed by atoms with van der Waals surface area (Å²) in [7, 11) is -1.22. The number of hydrogen-bond acceptors (Lipinski definition) is 6. The van der Waals surface area contributed by atoms with Crippen molar-refractivity contribution in [2.75, 3.05) is 20.8 Å². The Bertz CT molecular complexity index is 695. The van der Waals surface area contributed by atoms with E-state index in [1.54, 1.807) is 0 Å². The average Bonchev–Trinajstić information content (AvgIpc) is 2.80. The van der Waals surface area contributed by atoms with E-state index in [1.807, 2.05) is 0 Å². The molecule has 0 fully saturated rings. The number of carbonyl (C=O) groups is 2. The molecule has 0 aliphatic carbocycles. The quantitative estimate of drug-likeness (QED) is 0.606. The fraction of sp³-hybridized carbons (Fsp3) is 0.538. The monoisotopic (exact) mass is 348 g/mol. The molecule has 1 aromatic rings. The van der Waals surface area contributed by atoms with Crippen LogP contribution in [0.1, 0.15) is 29.5 Å². The van der Waals surface area contributed by atoms with Crippen LogP contribution in [0.25, 0.3) is 0 Å². The maximum atomic E-state index is 12.3. The Hall–Kier alpha value is -1.91. The molecule has 1 aromatic heterocycles. The van der Waals surface area contributed by atoms with Gasteiger partial charge in [-0.15, -0.1) is 0 Å². The van der Waals surface area contributed by atoms with Crippen molar-refractivity contribution >= 4 is 21.9 Å². The summed E-state index contributed by atoms with van der Waals surface area (Å²) in [4.78, 5) is 23.3. The number of nitrogens with one attached hydrogen (secondary N) is 2. The van der Waals surface area contributed by atoms with Gasteiger partial charge in [0.25, 0.3) is 15.9 Å². The van der Waals surface area contributed by atoms with Gasteiger partial charge >= 0.3 is 5.97 Å². The highest BCUT2D eigenvalue weighted by atomic mass is 32.2. The lowest BCUT2D eigenvalue weighted by atomic mass is 9.98. The standard InChI is InChI=1S/C13H20N2O7S/c1-8-9(5-11(22-8)23(19,20)14-3)12(18)15-13(2,7-21-4)6-10(16)17/h5,14H,6-7H2,1-4H3,(H,15,18)(H,16,17). The first-order valence-electron chi connectivity index (χ1n) is 6.62. The van der Waals surface area contributed by atoms with Crippen molar-refractivity contribution in [3.05, 3.63) is 17.4 Å². The first-order chi connectivity index (χ1) is 10.5. The summed E-state index contributed by atoms with van der Waals surface area (Å²) in [5.74, 6) is -1.65. The minimum atomic E-state index is -3.82. The van der Waals surface area contributed by atoms with E-state index in [2.05, 4.69) is 10.0 Å². The van der Waals surface area contributed by atoms with Gasteiger partial charge in [0.1, 0.15) is 5.76 Å². The molecule has 0 aliphatic heterocycles. The number of furan rings is 1. The van der Waals surface area contributed by atoms with Gasteiger partial charge in [-0.05, 0) is 20.9 Å². The zero-order valence-electron chi connectivity index (χ0n) is 13.3. The van der Waals surface area contributed by atoms with E-state index < -0.39 is 32.5 Å². The molecule has 1 heterocycles. The van der Waals surface area contributed by atoms with E-state index in [9.17, 15) is 18.0 Å². The first kappa shape index (κ1) is 19.1. The molecule has 3 N–H and O–H groups in total. The van der Waals surface area contributed by atoms with Crippen LogP contribution in [0.15, 0.2) is 15.6 Å². The maximum Gasteiger partial charge on any atom is 0.305 e. The lowest BCUT2D eigenvalue weighted by molar-refractivity contribution is -0.139. The molecule has 10 heteroatoms. The van der Waals surface area contributed by atoms with Crippen molar-refractivity contribution in [2.45, 2.75) is 30.9 Å². The highest BCUT2D eigenvalue weighted by molar-refractivity contribution is 7.89. The minimum absolute atomic E-state index is 0.00606. The third kappa shape index (κ3) is 4.78. The number of hydrogen-bond donors (Lipinski definition) is 3. The topological polar surface area (TPSA) is 135 Å². The van der Waals surface area contributed by atoms with Crippen molar-refractivity contribution in [3.8, 4) is 0 Å². The molecule has 1 atom stereocenters. The second-order valence-electron chi connectivity index (χ2n) is 5.26. The third-order valence-electron chi connectivity index (χ3n) is 3.09. The summed E-state index contributed by atoms with van der Waals surface area (Å²) in [6.45, 7) is 2.93. The maximum absolute atomic E-state index is 12.3. The highest BCUT2D eigenvalue weighted by Crippen LogP contribution is 2.20. The van der Waals surface area contributed by atoms with Gasteiger partial charge < -0.3 is 19.6 Å². The van der Waals surface area contributed by atoms with Gasteiger partial charge in [-0.1, -0.05) is 0 Å². The minimum Gasteiger partial charge on any atom is -0.481 e. The van der Waals surface area contributed by atoms with Gasteiger partial charge in [-0.25, -0.2) is 13.1 Å². The molecule has 0 aliphatic rings. The number of carboxylic acid groups (broad SMARTS) is 1. The molecule has 9 nitrogen and oxygen atoms in total. The van der Waals surface area contributed by atoms with E-state index in [0.717, 1.165) is 6.07 Å². The van der Waals surface area contributed by atoms with Gasteiger partial charge in [-0.3, -0.25) is 9.59 Å². The summed E-state index contributed by atoms with van der Waals surface area (Å²) < 4.78 is 35.5. The van der Waals surface area contributed by atoms with E-state index in [0.29, 0.717) is 0 Å². The number of rotatable bonds is 8. The Morgan fingerprint density at radius 3 is 2.52 bits per heavy atom. The van der Waals surface area contributed by atoms with Crippen molar-refractivity contribution < 1.29 is 32.3 Å². The number of aryl methyl sites for hydroxylation is 1. The Balaban J connectivity index is 3.07. The zero-order valence-corrected chi connectivity index (χ0v) is 14.1. The number of sulfonamides is 1. The number of ether oxygens (including phenoxy) is 1. The van der Waals surface area contributed by atoms with Crippen LogP contribution < -0.4 is 10.0 Å². The summed E-state index contributed by atoms with van der Waals surface area (Å²) in [6, 6.07) is 1.09. The molecule has 0 saturated carbocycles. The molecular weight excluding hydrogens is 328 g/mol. The molecular formula is C13H20N2O7S. The first-order valence-corrected chi connectivity index (χ1v) is 8.10. The van der Waals surface area contributed by atoms with Crippen LogP contribution in [-0.4, -0.2) is 51.7 Å². The molecule has 23 heavy (non-hydrogen) atoms. The molecule has 0 saturated heterocycles. The number of amides is 1. The average molecular weight is 348 g/mol. The fourth-order valence-corrected chi connectivity index (χ4v) is 2.75. The van der Waals surface area contributed by atoms with Gasteiger partial charge in [0.15, 0.2) is 0 Å². The van der Waals surface area contributed by atoms with E-state index in [1.165, 1.54) is 28.0 Å². The SMILES string of the molecule is CNS(=O)(=O)c1cc(C(=O)NC(C)(COC)CC(=O)O)c(C)o1. The van der Waals surface area contributed by atoms with Crippen LogP contribution >= 0.6 is 0 Å². The Kier molecular flexibility index (Phi) is 5.92. The van der Waals surface area contributed by atoms with Crippen LogP contribution in [0, 0.1) is 6.92 Å². The molecule has 1 rings (SSSR count). The number of methoxy groups -OCH3 is 1. The van der Waals surface area contributed by atoms with Gasteiger partial charge in [0.2, 0.25) is 5.09 Å². The van der Waals surface area contributed by atoms with Crippen molar-refractivity contribution in [3.63, 3.8) is 0 Å². The molecule has 0 aromatic carbocycles. The fourth-order valence-electron chi connectivity index (χ4n) is 2.04. The van der Waals surface area contributed by atoms with E-state index in [-0.39, 0.29) is 24.4 Å². The van der Waals surface area contributed by atoms with Crippen LogP contribution in [0.2, 0.25) is 0 Å². The molecule has 1 unspecified atom stereocenters. The van der Waals surface area contributed by atoms with Crippen molar-refractivity contribution in [1.29, 1.82) is 0 Å². The predicted molar refractivity (Wildman–Crippen MR) is 79.7 cm³/mol. The second-order valence-corrected chi connectivity index (χ2v) is 7.08. The summed E-state index contributed by atoms with van der Waals surface area (Å²) in [5, 5.41) is 11.1. The lowest BCUT2D eigenvalue weighted by Crippen LogP contribution is -2.50. The zero-order chi connectivity index (χ0) is 17.8. The third-order valence-corrected chi connectivity index (χ3v) is 4.36. The summed E-state index contributed by atoms with van der Waals surface area (Å²) >= 11 is 0. The summed E-state index contributed by atoms with van der Waals surface area (Å²) in [6.07, 6.45) is -0.356. The summed E-state index contributed by atoms with van der Waals surface area (Å²) in [5.41, 5.74) is -1.14. The molecule has 130 valence electrons. The number of carboxylic acids is 1. The predicted octanol–water partition coefficient (Wildman–Crippen LogP) is 0.106. The molecule has 0 radical (unpaired) electrons. The number of carbonyl (C=O) groups excluding carboxylic acids is 1. The lowest BCUT2D eigenvalue weighted by Gasteiger charge is -2.28. The van der Waals surface area contributed by atoms with Gasteiger partial charge in [-0.2, -0.15) is 0 Å². The second kappa shape index (κ2) is 7.11. The Morgan fingerprint density at radius 1 is 1.43 bits per heavy atom. The van der Waals surface area contributed by atoms with Crippen molar-refractivity contribution in [2.24, 2.45) is 0 Å². The van der Waals surface area contributed by atoms with Crippen LogP contribution in [0.5, 0.6) is 0 Å². The highest BCUT2D eigenvalue weighted by Gasteiger charge is 2.32. The van der Waals surface area contributed by atoms with Crippen molar-refractivity contribution in [1.82, 2.24) is 10.0 Å². The Labute approximate surface area is 134 Å².